The highest BCUT2D eigenvalue weighted by Crippen LogP contribution is 2.32. The van der Waals surface area contributed by atoms with E-state index in [1.165, 1.54) is 0 Å². The highest BCUT2D eigenvalue weighted by atomic mass is 35.5. The van der Waals surface area contributed by atoms with Crippen LogP contribution in [0.25, 0.3) is 0 Å². The topological polar surface area (TPSA) is 82.8 Å². The molecule has 0 saturated carbocycles. The normalized spacial score (nSPS) is 12.6. The number of carbonyl (C=O) groups is 1. The number of carboxylic acid groups (broad SMARTS) is 1. The summed E-state index contributed by atoms with van der Waals surface area (Å²) in [5.74, 6) is -1.34. The summed E-state index contributed by atoms with van der Waals surface area (Å²) >= 11 is 6.13. The number of aryl methyl sites for hydroxylation is 2. The summed E-state index contributed by atoms with van der Waals surface area (Å²) in [6.45, 7) is 3.86. The fourth-order valence-corrected chi connectivity index (χ4v) is 3.68. The van der Waals surface area contributed by atoms with Crippen molar-refractivity contribution in [2.24, 2.45) is 5.16 Å². The minimum atomic E-state index is -0.987. The molecule has 3 rings (SSSR count). The lowest BCUT2D eigenvalue weighted by Crippen LogP contribution is -2.18. The van der Waals surface area contributed by atoms with Gasteiger partial charge in [0.05, 0.1) is 17.2 Å². The van der Waals surface area contributed by atoms with Gasteiger partial charge in [0.1, 0.15) is 0 Å². The van der Waals surface area contributed by atoms with Crippen molar-refractivity contribution in [3.8, 4) is 0 Å². The molecule has 148 valence electrons. The second-order valence-electron chi connectivity index (χ2n) is 6.93. The van der Waals surface area contributed by atoms with Crippen LogP contribution in [0.4, 0.5) is 0 Å². The lowest BCUT2D eigenvalue weighted by molar-refractivity contribution is 0.0697. The lowest BCUT2D eigenvalue weighted by Gasteiger charge is -2.22. The van der Waals surface area contributed by atoms with Gasteiger partial charge in [-0.05, 0) is 72.5 Å². The van der Waals surface area contributed by atoms with Crippen molar-refractivity contribution >= 4 is 23.3 Å². The Morgan fingerprint density at radius 1 is 1.10 bits per heavy atom. The van der Waals surface area contributed by atoms with Crippen LogP contribution in [0.15, 0.2) is 65.9 Å². The van der Waals surface area contributed by atoms with Crippen molar-refractivity contribution in [1.82, 2.24) is 4.98 Å². The number of nitrogens with zero attached hydrogens (tertiary/aromatic N) is 2. The van der Waals surface area contributed by atoms with E-state index in [1.807, 2.05) is 38.1 Å². The predicted molar refractivity (Wildman–Crippen MR) is 113 cm³/mol. The van der Waals surface area contributed by atoms with Crippen molar-refractivity contribution in [3.05, 3.63) is 99.3 Å². The third kappa shape index (κ3) is 4.81. The zero-order valence-corrected chi connectivity index (χ0v) is 16.9. The van der Waals surface area contributed by atoms with Crippen LogP contribution in [0.5, 0.6) is 0 Å². The SMILES string of the molecule is Cc1cc(CC(=NO)[C@@H](c2ccc(C(=O)O)cc2)c2ccc(Cl)cc2C)ccn1. The third-order valence-corrected chi connectivity index (χ3v) is 5.08. The average molecular weight is 409 g/mol. The number of rotatable bonds is 6. The summed E-state index contributed by atoms with van der Waals surface area (Å²) < 4.78 is 0. The highest BCUT2D eigenvalue weighted by Gasteiger charge is 2.24. The molecule has 0 aliphatic heterocycles. The van der Waals surface area contributed by atoms with Crippen molar-refractivity contribution in [3.63, 3.8) is 0 Å². The molecule has 6 heteroatoms. The summed E-state index contributed by atoms with van der Waals surface area (Å²) in [5, 5.41) is 23.3. The fourth-order valence-electron chi connectivity index (χ4n) is 3.45. The second-order valence-corrected chi connectivity index (χ2v) is 7.37. The number of pyridine rings is 1. The summed E-state index contributed by atoms with van der Waals surface area (Å²) in [6, 6.07) is 16.0. The number of halogens is 1. The lowest BCUT2D eigenvalue weighted by atomic mass is 9.82. The standard InChI is InChI=1S/C23H21ClN2O3/c1-14-11-19(24)7-8-20(14)22(17-3-5-18(6-4-17)23(27)28)21(26-29)13-16-9-10-25-15(2)12-16/h3-12,22,29H,13H2,1-2H3,(H,27,28)/t22-/m0/s1. The van der Waals surface area contributed by atoms with Gasteiger partial charge in [-0.25, -0.2) is 4.79 Å². The number of aromatic nitrogens is 1. The van der Waals surface area contributed by atoms with E-state index in [9.17, 15) is 15.1 Å². The zero-order valence-electron chi connectivity index (χ0n) is 16.1. The maximum absolute atomic E-state index is 11.2. The number of hydrogen-bond donors (Lipinski definition) is 2. The molecule has 29 heavy (non-hydrogen) atoms. The van der Waals surface area contributed by atoms with Crippen LogP contribution in [-0.2, 0) is 6.42 Å². The minimum Gasteiger partial charge on any atom is -0.478 e. The van der Waals surface area contributed by atoms with E-state index < -0.39 is 5.97 Å². The molecule has 0 spiro atoms. The van der Waals surface area contributed by atoms with Gasteiger partial charge in [-0.15, -0.1) is 0 Å². The van der Waals surface area contributed by atoms with E-state index in [2.05, 4.69) is 10.1 Å². The maximum atomic E-state index is 11.2. The monoisotopic (exact) mass is 408 g/mol. The van der Waals surface area contributed by atoms with Gasteiger partial charge < -0.3 is 10.3 Å². The number of carboxylic acids is 1. The molecule has 0 bridgehead atoms. The molecule has 2 aromatic carbocycles. The maximum Gasteiger partial charge on any atom is 0.335 e. The van der Waals surface area contributed by atoms with E-state index in [0.29, 0.717) is 17.2 Å². The van der Waals surface area contributed by atoms with Gasteiger partial charge in [0, 0.05) is 23.3 Å². The van der Waals surface area contributed by atoms with E-state index in [4.69, 9.17) is 11.6 Å². The Morgan fingerprint density at radius 3 is 2.41 bits per heavy atom. The smallest absolute Gasteiger partial charge is 0.335 e. The van der Waals surface area contributed by atoms with Gasteiger partial charge in [0.25, 0.3) is 0 Å². The van der Waals surface area contributed by atoms with Gasteiger partial charge in [-0.2, -0.15) is 0 Å². The Kier molecular flexibility index (Phi) is 6.29. The van der Waals surface area contributed by atoms with Crippen LogP contribution in [0.3, 0.4) is 0 Å². The minimum absolute atomic E-state index is 0.201. The molecule has 0 aliphatic carbocycles. The molecule has 2 N–H and O–H groups in total. The Morgan fingerprint density at radius 2 is 1.83 bits per heavy atom. The van der Waals surface area contributed by atoms with Gasteiger partial charge >= 0.3 is 5.97 Å². The van der Waals surface area contributed by atoms with Crippen LogP contribution in [0.2, 0.25) is 5.02 Å². The van der Waals surface area contributed by atoms with Gasteiger partial charge in [-0.1, -0.05) is 35.0 Å². The van der Waals surface area contributed by atoms with Gasteiger partial charge in [0.2, 0.25) is 0 Å². The molecule has 0 aliphatic rings. The van der Waals surface area contributed by atoms with Crippen LogP contribution in [0, 0.1) is 13.8 Å². The van der Waals surface area contributed by atoms with E-state index >= 15 is 0 Å². The number of oxime groups is 1. The highest BCUT2D eigenvalue weighted by molar-refractivity contribution is 6.30. The van der Waals surface area contributed by atoms with Crippen molar-refractivity contribution in [2.75, 3.05) is 0 Å². The fraction of sp³-hybridized carbons (Fsp3) is 0.174. The van der Waals surface area contributed by atoms with E-state index in [1.54, 1.807) is 36.5 Å². The first-order chi connectivity index (χ1) is 13.9. The Bertz CT molecular complexity index is 1060. The van der Waals surface area contributed by atoms with Crippen LogP contribution in [-0.4, -0.2) is 27.0 Å². The van der Waals surface area contributed by atoms with Crippen LogP contribution in [0.1, 0.15) is 44.2 Å². The molecule has 0 saturated heterocycles. The molecule has 3 aromatic rings. The molecule has 0 fully saturated rings. The summed E-state index contributed by atoms with van der Waals surface area (Å²) in [6.07, 6.45) is 2.15. The average Bonchev–Trinajstić information content (AvgIpc) is 2.69. The Labute approximate surface area is 174 Å². The van der Waals surface area contributed by atoms with E-state index in [-0.39, 0.29) is 11.5 Å². The number of benzene rings is 2. The van der Waals surface area contributed by atoms with Crippen molar-refractivity contribution in [2.45, 2.75) is 26.2 Å². The first-order valence-corrected chi connectivity index (χ1v) is 9.48. The summed E-state index contributed by atoms with van der Waals surface area (Å²) in [4.78, 5) is 15.4. The molecular weight excluding hydrogens is 388 g/mol. The molecule has 0 radical (unpaired) electrons. The summed E-state index contributed by atoms with van der Waals surface area (Å²) in [7, 11) is 0. The van der Waals surface area contributed by atoms with E-state index in [0.717, 1.165) is 27.9 Å². The molecule has 0 amide bonds. The Balaban J connectivity index is 2.09. The first-order valence-electron chi connectivity index (χ1n) is 9.10. The van der Waals surface area contributed by atoms with Gasteiger partial charge in [-0.3, -0.25) is 4.98 Å². The molecule has 5 nitrogen and oxygen atoms in total. The van der Waals surface area contributed by atoms with Crippen LogP contribution < -0.4 is 0 Å². The van der Waals surface area contributed by atoms with Crippen LogP contribution >= 0.6 is 11.6 Å². The largest absolute Gasteiger partial charge is 0.478 e. The summed E-state index contributed by atoms with van der Waals surface area (Å²) in [5.41, 5.74) is 5.33. The molecule has 1 heterocycles. The first kappa shape index (κ1) is 20.6. The predicted octanol–water partition coefficient (Wildman–Crippen LogP) is 5.25. The second kappa shape index (κ2) is 8.88. The van der Waals surface area contributed by atoms with Gasteiger partial charge in [0.15, 0.2) is 0 Å². The van der Waals surface area contributed by atoms with Crippen molar-refractivity contribution < 1.29 is 15.1 Å². The molecule has 0 unspecified atom stereocenters. The van der Waals surface area contributed by atoms with Crippen molar-refractivity contribution in [1.29, 1.82) is 0 Å². The molecular formula is C23H21ClN2O3. The quantitative estimate of drug-likeness (QED) is 0.331. The number of aromatic carboxylic acids is 1. The molecule has 1 aromatic heterocycles. The zero-order chi connectivity index (χ0) is 21.0. The number of hydrogen-bond acceptors (Lipinski definition) is 4. The molecule has 1 atom stereocenters. The third-order valence-electron chi connectivity index (χ3n) is 4.84. The Hall–Kier alpha value is -3.18.